The average Bonchev–Trinajstić information content (AvgIpc) is 2.68. The summed E-state index contributed by atoms with van der Waals surface area (Å²) in [6.07, 6.45) is 2.18. The summed E-state index contributed by atoms with van der Waals surface area (Å²) < 4.78 is 0. The van der Waals surface area contributed by atoms with Gasteiger partial charge < -0.3 is 0 Å². The molecular weight excluding hydrogens is 320 g/mol. The molecule has 0 spiro atoms. The maximum Gasteiger partial charge on any atom is 0.272 e. The van der Waals surface area contributed by atoms with Gasteiger partial charge in [-0.1, -0.05) is 6.92 Å². The van der Waals surface area contributed by atoms with Crippen LogP contribution in [-0.2, 0) is 12.8 Å². The predicted molar refractivity (Wildman–Crippen MR) is 95.2 cm³/mol. The van der Waals surface area contributed by atoms with Crippen LogP contribution in [0.2, 0.25) is 0 Å². The van der Waals surface area contributed by atoms with E-state index in [9.17, 15) is 20.2 Å². The monoisotopic (exact) mass is 340 g/mol. The van der Waals surface area contributed by atoms with E-state index in [2.05, 4.69) is 6.92 Å². The second-order valence-corrected chi connectivity index (χ2v) is 6.75. The van der Waals surface area contributed by atoms with Crippen molar-refractivity contribution in [1.29, 1.82) is 0 Å². The first-order chi connectivity index (χ1) is 11.8. The highest BCUT2D eigenvalue weighted by Gasteiger charge is 2.26. The predicted octanol–water partition coefficient (Wildman–Crippen LogP) is 4.76. The number of aryl methyl sites for hydroxylation is 2. The molecule has 0 aliphatic heterocycles. The number of hydrogen-bond acceptors (Lipinski definition) is 4. The number of fused-ring (bicyclic) bond motifs is 2. The third-order valence-electron chi connectivity index (χ3n) is 5.15. The van der Waals surface area contributed by atoms with E-state index in [4.69, 9.17) is 0 Å². The zero-order valence-electron chi connectivity index (χ0n) is 14.5. The van der Waals surface area contributed by atoms with Gasteiger partial charge in [-0.15, -0.1) is 0 Å². The second-order valence-electron chi connectivity index (χ2n) is 6.75. The van der Waals surface area contributed by atoms with Crippen LogP contribution in [0.15, 0.2) is 24.3 Å². The highest BCUT2D eigenvalue weighted by molar-refractivity contribution is 5.55. The Hall–Kier alpha value is -2.76. The van der Waals surface area contributed by atoms with Crippen LogP contribution < -0.4 is 0 Å². The van der Waals surface area contributed by atoms with Crippen molar-refractivity contribution in [3.63, 3.8) is 0 Å². The average molecular weight is 340 g/mol. The summed E-state index contributed by atoms with van der Waals surface area (Å²) in [6, 6.07) is 7.15. The van der Waals surface area contributed by atoms with Gasteiger partial charge in [0, 0.05) is 23.3 Å². The lowest BCUT2D eigenvalue weighted by Crippen LogP contribution is -2.05. The number of nitro benzene ring substituents is 2. The molecule has 0 aromatic heterocycles. The smallest absolute Gasteiger partial charge is 0.258 e. The maximum absolute atomic E-state index is 11.3. The standard InChI is InChI=1S/C19H20N2O4/c1-4-13-7-14-5-11(2)18(20(22)23)9-15(14)8-16-6-12(3)19(21(24)25)10-17(13)16/h5-6,9-10,13H,4,7-8H2,1-3H3. The zero-order chi connectivity index (χ0) is 18.3. The molecule has 2 aromatic carbocycles. The van der Waals surface area contributed by atoms with Crippen LogP contribution in [-0.4, -0.2) is 9.85 Å². The van der Waals surface area contributed by atoms with Gasteiger partial charge in [0.05, 0.1) is 9.85 Å². The quantitative estimate of drug-likeness (QED) is 0.595. The highest BCUT2D eigenvalue weighted by atomic mass is 16.6. The summed E-state index contributed by atoms with van der Waals surface area (Å²) in [5.41, 5.74) is 5.65. The number of rotatable bonds is 3. The highest BCUT2D eigenvalue weighted by Crippen LogP contribution is 2.38. The van der Waals surface area contributed by atoms with Crippen LogP contribution in [0.25, 0.3) is 0 Å². The molecule has 0 fully saturated rings. The van der Waals surface area contributed by atoms with Gasteiger partial charge in [0.1, 0.15) is 0 Å². The number of nitro groups is 2. The zero-order valence-corrected chi connectivity index (χ0v) is 14.5. The summed E-state index contributed by atoms with van der Waals surface area (Å²) in [5, 5.41) is 22.6. The van der Waals surface area contributed by atoms with Crippen LogP contribution in [0, 0.1) is 34.1 Å². The van der Waals surface area contributed by atoms with E-state index in [-0.39, 0.29) is 27.1 Å². The summed E-state index contributed by atoms with van der Waals surface area (Å²) in [7, 11) is 0. The van der Waals surface area contributed by atoms with E-state index in [0.717, 1.165) is 35.1 Å². The lowest BCUT2D eigenvalue weighted by molar-refractivity contribution is -0.385. The van der Waals surface area contributed by atoms with Gasteiger partial charge in [-0.05, 0) is 73.4 Å². The summed E-state index contributed by atoms with van der Waals surface area (Å²) in [4.78, 5) is 21.9. The van der Waals surface area contributed by atoms with Crippen LogP contribution in [0.3, 0.4) is 0 Å². The fourth-order valence-electron chi connectivity index (χ4n) is 3.80. The van der Waals surface area contributed by atoms with Crippen molar-refractivity contribution in [2.24, 2.45) is 0 Å². The number of benzene rings is 2. The molecule has 0 saturated heterocycles. The Morgan fingerprint density at radius 3 is 2.04 bits per heavy atom. The van der Waals surface area contributed by atoms with Crippen LogP contribution >= 0.6 is 0 Å². The van der Waals surface area contributed by atoms with Crippen molar-refractivity contribution in [2.45, 2.75) is 46.0 Å². The topological polar surface area (TPSA) is 86.3 Å². The lowest BCUT2D eigenvalue weighted by Gasteiger charge is -2.16. The van der Waals surface area contributed by atoms with Gasteiger partial charge in [-0.3, -0.25) is 20.2 Å². The fourth-order valence-corrected chi connectivity index (χ4v) is 3.80. The van der Waals surface area contributed by atoms with E-state index < -0.39 is 0 Å². The van der Waals surface area contributed by atoms with Crippen molar-refractivity contribution in [3.8, 4) is 0 Å². The van der Waals surface area contributed by atoms with Crippen molar-refractivity contribution in [2.75, 3.05) is 0 Å². The van der Waals surface area contributed by atoms with Gasteiger partial charge >= 0.3 is 0 Å². The van der Waals surface area contributed by atoms with Gasteiger partial charge in [0.25, 0.3) is 11.4 Å². The Balaban J connectivity index is 2.19. The Labute approximate surface area is 145 Å². The van der Waals surface area contributed by atoms with Crippen molar-refractivity contribution in [3.05, 3.63) is 77.9 Å². The first kappa shape index (κ1) is 17.1. The second kappa shape index (κ2) is 6.27. The van der Waals surface area contributed by atoms with E-state index in [1.807, 2.05) is 12.1 Å². The minimum atomic E-state index is -0.347. The molecule has 0 saturated carbocycles. The largest absolute Gasteiger partial charge is 0.272 e. The molecule has 130 valence electrons. The molecule has 6 heteroatoms. The number of hydrogen-bond donors (Lipinski definition) is 0. The first-order valence-electron chi connectivity index (χ1n) is 8.36. The molecule has 0 amide bonds. The molecule has 1 unspecified atom stereocenters. The van der Waals surface area contributed by atoms with Crippen LogP contribution in [0.1, 0.15) is 52.6 Å². The third kappa shape index (κ3) is 2.99. The molecule has 0 N–H and O–H groups in total. The first-order valence-corrected chi connectivity index (χ1v) is 8.36. The summed E-state index contributed by atoms with van der Waals surface area (Å²) in [6.45, 7) is 5.57. The summed E-state index contributed by atoms with van der Waals surface area (Å²) >= 11 is 0. The molecule has 1 atom stereocenters. The van der Waals surface area contributed by atoms with Gasteiger partial charge in [0.2, 0.25) is 0 Å². The molecule has 1 aliphatic carbocycles. The lowest BCUT2D eigenvalue weighted by atomic mass is 9.88. The van der Waals surface area contributed by atoms with E-state index >= 15 is 0 Å². The van der Waals surface area contributed by atoms with E-state index in [1.165, 1.54) is 0 Å². The summed E-state index contributed by atoms with van der Waals surface area (Å²) in [5.74, 6) is 0.177. The fraction of sp³-hybridized carbons (Fsp3) is 0.368. The molecule has 1 aliphatic rings. The normalized spacial score (nSPS) is 15.9. The Bertz CT molecular complexity index is 889. The minimum absolute atomic E-state index is 0.133. The van der Waals surface area contributed by atoms with Gasteiger partial charge in [0.15, 0.2) is 0 Å². The Morgan fingerprint density at radius 2 is 1.48 bits per heavy atom. The van der Waals surface area contributed by atoms with Crippen LogP contribution in [0.4, 0.5) is 11.4 Å². The van der Waals surface area contributed by atoms with Crippen molar-refractivity contribution < 1.29 is 9.85 Å². The molecule has 2 aromatic rings. The number of nitrogens with zero attached hydrogens (tertiary/aromatic N) is 2. The van der Waals surface area contributed by atoms with Gasteiger partial charge in [-0.2, -0.15) is 0 Å². The molecule has 0 bridgehead atoms. The molecule has 0 heterocycles. The Kier molecular flexibility index (Phi) is 4.29. The molecule has 6 nitrogen and oxygen atoms in total. The van der Waals surface area contributed by atoms with Crippen LogP contribution in [0.5, 0.6) is 0 Å². The molecule has 3 rings (SSSR count). The molecule has 25 heavy (non-hydrogen) atoms. The SMILES string of the molecule is CCC1Cc2cc(C)c([N+](=O)[O-])cc2Cc2cc(C)c([N+](=O)[O-])cc21. The molecule has 0 radical (unpaired) electrons. The molecular formula is C19H20N2O4. The Morgan fingerprint density at radius 1 is 0.920 bits per heavy atom. The van der Waals surface area contributed by atoms with Gasteiger partial charge in [-0.25, -0.2) is 0 Å². The maximum atomic E-state index is 11.3. The van der Waals surface area contributed by atoms with E-state index in [1.54, 1.807) is 26.0 Å². The third-order valence-corrected chi connectivity index (χ3v) is 5.15. The van der Waals surface area contributed by atoms with Crippen molar-refractivity contribution >= 4 is 11.4 Å². The van der Waals surface area contributed by atoms with E-state index in [0.29, 0.717) is 17.5 Å². The minimum Gasteiger partial charge on any atom is -0.258 e. The van der Waals surface area contributed by atoms with Crippen molar-refractivity contribution in [1.82, 2.24) is 0 Å².